The van der Waals surface area contributed by atoms with E-state index in [0.717, 1.165) is 0 Å². The smallest absolute Gasteiger partial charge is 0.0585 e. The van der Waals surface area contributed by atoms with Crippen LogP contribution < -0.4 is 0 Å². The molecule has 0 amide bonds. The zero-order chi connectivity index (χ0) is 12.0. The first-order valence-electron chi connectivity index (χ1n) is 6.15. The molecule has 0 saturated heterocycles. The Morgan fingerprint density at radius 1 is 0.706 bits per heavy atom. The lowest BCUT2D eigenvalue weighted by atomic mass is 10.1. The van der Waals surface area contributed by atoms with Gasteiger partial charge >= 0.3 is 0 Å². The zero-order valence-electron chi connectivity index (χ0n) is 10.6. The first kappa shape index (κ1) is 10.7. The maximum Gasteiger partial charge on any atom is 0.122 e. The Labute approximate surface area is 104 Å². The second-order valence-electron chi connectivity index (χ2n) is 5.72. The third kappa shape index (κ3) is 1.54. The van der Waals surface area contributed by atoms with Crippen molar-refractivity contribution in [3.8, 4) is 11.1 Å². The van der Waals surface area contributed by atoms with Gasteiger partial charge in [-0.15, -0.1) is 0 Å². The van der Waals surface area contributed by atoms with Crippen molar-refractivity contribution >= 4 is 8.07 Å². The van der Waals surface area contributed by atoms with E-state index in [9.17, 15) is 0 Å². The molecule has 2 aromatic rings. The SMILES string of the molecule is C[Si](C)(C)[C+]1c2ccccc2-c2ccccc21. The standard InChI is InChI=1S/C16H17Si/c1-17(2,3)16-14-10-6-4-8-12(14)13-9-5-7-11-15(13)16/h4-11H,1-3H3/q+1. The van der Waals surface area contributed by atoms with Crippen molar-refractivity contribution in [2.45, 2.75) is 19.6 Å². The van der Waals surface area contributed by atoms with E-state index >= 15 is 0 Å². The van der Waals surface area contributed by atoms with Gasteiger partial charge in [0.15, 0.2) is 0 Å². The number of hydrogen-bond donors (Lipinski definition) is 0. The predicted octanol–water partition coefficient (Wildman–Crippen LogP) is 4.52. The van der Waals surface area contributed by atoms with Crippen LogP contribution in [-0.4, -0.2) is 8.07 Å². The molecule has 2 aromatic carbocycles. The van der Waals surface area contributed by atoms with Gasteiger partial charge in [-0.1, -0.05) is 19.6 Å². The molecule has 0 spiro atoms. The molecular formula is C16H17Si+. The molecule has 0 fully saturated rings. The van der Waals surface area contributed by atoms with Gasteiger partial charge in [0.2, 0.25) is 0 Å². The molecule has 0 aliphatic heterocycles. The molecule has 84 valence electrons. The second kappa shape index (κ2) is 3.51. The third-order valence-corrected chi connectivity index (χ3v) is 5.47. The van der Waals surface area contributed by atoms with E-state index in [1.807, 2.05) is 0 Å². The molecule has 0 aromatic heterocycles. The predicted molar refractivity (Wildman–Crippen MR) is 76.7 cm³/mol. The summed E-state index contributed by atoms with van der Waals surface area (Å²) in [4.78, 5) is 0. The van der Waals surface area contributed by atoms with Gasteiger partial charge in [0, 0.05) is 17.7 Å². The maximum atomic E-state index is 2.43. The van der Waals surface area contributed by atoms with Crippen LogP contribution >= 0.6 is 0 Å². The summed E-state index contributed by atoms with van der Waals surface area (Å²) < 4.78 is 0. The van der Waals surface area contributed by atoms with E-state index in [1.54, 1.807) is 5.54 Å². The summed E-state index contributed by atoms with van der Waals surface area (Å²) in [6, 6.07) is 17.7. The Hall–Kier alpha value is -1.47. The van der Waals surface area contributed by atoms with Crippen LogP contribution in [0.2, 0.25) is 19.6 Å². The van der Waals surface area contributed by atoms with Crippen molar-refractivity contribution in [2.24, 2.45) is 0 Å². The topological polar surface area (TPSA) is 0 Å². The highest BCUT2D eigenvalue weighted by atomic mass is 28.3. The minimum atomic E-state index is -1.31. The Balaban J connectivity index is 2.31. The summed E-state index contributed by atoms with van der Waals surface area (Å²) in [5.41, 5.74) is 7.38. The summed E-state index contributed by atoms with van der Waals surface area (Å²) in [6.45, 7) is 7.30. The minimum Gasteiger partial charge on any atom is -0.0585 e. The molecule has 3 rings (SSSR count). The fraction of sp³-hybridized carbons (Fsp3) is 0.188. The van der Waals surface area contributed by atoms with Crippen molar-refractivity contribution in [2.75, 3.05) is 0 Å². The molecule has 0 nitrogen and oxygen atoms in total. The van der Waals surface area contributed by atoms with Crippen molar-refractivity contribution < 1.29 is 0 Å². The Kier molecular flexibility index (Phi) is 2.20. The van der Waals surface area contributed by atoms with Crippen molar-refractivity contribution in [1.29, 1.82) is 0 Å². The molecule has 0 atom stereocenters. The number of rotatable bonds is 1. The van der Waals surface area contributed by atoms with Gasteiger partial charge in [-0.05, 0) is 36.4 Å². The van der Waals surface area contributed by atoms with Crippen LogP contribution in [0.1, 0.15) is 11.1 Å². The lowest BCUT2D eigenvalue weighted by molar-refractivity contribution is 1.38. The van der Waals surface area contributed by atoms with Gasteiger partial charge in [0.25, 0.3) is 0 Å². The number of benzene rings is 2. The molecule has 1 heteroatoms. The Bertz CT molecular complexity index is 518. The van der Waals surface area contributed by atoms with E-state index in [2.05, 4.69) is 68.2 Å². The fourth-order valence-electron chi connectivity index (χ4n) is 2.83. The molecule has 0 radical (unpaired) electrons. The lowest BCUT2D eigenvalue weighted by Crippen LogP contribution is -2.31. The van der Waals surface area contributed by atoms with Crippen LogP contribution in [0.25, 0.3) is 11.1 Å². The van der Waals surface area contributed by atoms with Gasteiger partial charge in [-0.3, -0.25) is 0 Å². The first-order valence-corrected chi connectivity index (χ1v) is 9.65. The van der Waals surface area contributed by atoms with E-state index in [4.69, 9.17) is 0 Å². The summed E-state index contributed by atoms with van der Waals surface area (Å²) >= 11 is 0. The summed E-state index contributed by atoms with van der Waals surface area (Å²) in [5, 5.41) is 0. The van der Waals surface area contributed by atoms with Gasteiger partial charge in [0.1, 0.15) is 8.07 Å². The van der Waals surface area contributed by atoms with Crippen LogP contribution in [-0.2, 0) is 0 Å². The molecular weight excluding hydrogens is 220 g/mol. The summed E-state index contributed by atoms with van der Waals surface area (Å²) in [7, 11) is -1.31. The van der Waals surface area contributed by atoms with Crippen LogP contribution in [0.5, 0.6) is 0 Å². The average molecular weight is 237 g/mol. The molecule has 1 aliphatic rings. The molecule has 0 bridgehead atoms. The molecule has 17 heavy (non-hydrogen) atoms. The van der Waals surface area contributed by atoms with Gasteiger partial charge in [-0.2, -0.15) is 0 Å². The zero-order valence-corrected chi connectivity index (χ0v) is 11.6. The van der Waals surface area contributed by atoms with E-state index in [-0.39, 0.29) is 0 Å². The number of hydrogen-bond acceptors (Lipinski definition) is 0. The van der Waals surface area contributed by atoms with Crippen molar-refractivity contribution in [3.05, 3.63) is 65.2 Å². The molecule has 0 heterocycles. The largest absolute Gasteiger partial charge is 0.122 e. The van der Waals surface area contributed by atoms with Crippen molar-refractivity contribution in [3.63, 3.8) is 0 Å². The quantitative estimate of drug-likeness (QED) is 0.505. The van der Waals surface area contributed by atoms with E-state index < -0.39 is 8.07 Å². The Morgan fingerprint density at radius 2 is 1.12 bits per heavy atom. The number of fused-ring (bicyclic) bond motifs is 3. The molecule has 0 N–H and O–H groups in total. The summed E-state index contributed by atoms with van der Waals surface area (Å²) in [6.07, 6.45) is 0. The second-order valence-corrected chi connectivity index (χ2v) is 10.7. The van der Waals surface area contributed by atoms with Gasteiger partial charge in [-0.25, -0.2) is 0 Å². The lowest BCUT2D eigenvalue weighted by Gasteiger charge is -2.21. The van der Waals surface area contributed by atoms with Crippen molar-refractivity contribution in [1.82, 2.24) is 0 Å². The van der Waals surface area contributed by atoms with Crippen LogP contribution in [0.4, 0.5) is 0 Å². The maximum absolute atomic E-state index is 2.43. The van der Waals surface area contributed by atoms with Gasteiger partial charge in [0.05, 0.1) is 22.3 Å². The highest BCUT2D eigenvalue weighted by Crippen LogP contribution is 2.47. The molecule has 0 unspecified atom stereocenters. The van der Waals surface area contributed by atoms with Crippen LogP contribution in [0.3, 0.4) is 0 Å². The normalized spacial score (nSPS) is 13.5. The van der Waals surface area contributed by atoms with E-state index in [0.29, 0.717) is 0 Å². The first-order chi connectivity index (χ1) is 8.09. The third-order valence-electron chi connectivity index (χ3n) is 3.43. The summed E-state index contributed by atoms with van der Waals surface area (Å²) in [5.74, 6) is 0. The van der Waals surface area contributed by atoms with Gasteiger partial charge < -0.3 is 0 Å². The average Bonchev–Trinajstić information content (AvgIpc) is 2.63. The molecule has 0 saturated carbocycles. The molecule has 1 aliphatic carbocycles. The fourth-order valence-corrected chi connectivity index (χ4v) is 4.88. The van der Waals surface area contributed by atoms with Crippen LogP contribution in [0, 0.1) is 5.54 Å². The minimum absolute atomic E-state index is 1.31. The van der Waals surface area contributed by atoms with E-state index in [1.165, 1.54) is 22.3 Å². The monoisotopic (exact) mass is 237 g/mol. The highest BCUT2D eigenvalue weighted by molar-refractivity contribution is 6.83. The van der Waals surface area contributed by atoms with Crippen LogP contribution in [0.15, 0.2) is 48.5 Å². The Morgan fingerprint density at radius 3 is 1.53 bits per heavy atom. The highest BCUT2D eigenvalue weighted by Gasteiger charge is 2.43.